The molecule has 98 valence electrons. The first kappa shape index (κ1) is 15.8. The maximum atomic E-state index is 5.96. The van der Waals surface area contributed by atoms with Crippen LogP contribution >= 0.6 is 0 Å². The predicted molar refractivity (Wildman–Crippen MR) is 71.3 cm³/mol. The van der Waals surface area contributed by atoms with Crippen molar-refractivity contribution in [3.05, 3.63) is 0 Å². The van der Waals surface area contributed by atoms with Gasteiger partial charge in [0.1, 0.15) is 0 Å². The Labute approximate surface area is 100 Å². The van der Waals surface area contributed by atoms with Gasteiger partial charge in [0.2, 0.25) is 0 Å². The molecule has 0 heterocycles. The van der Waals surface area contributed by atoms with Crippen molar-refractivity contribution in [1.82, 2.24) is 5.32 Å². The van der Waals surface area contributed by atoms with Crippen LogP contribution in [0.25, 0.3) is 0 Å². The third-order valence-corrected chi connectivity index (χ3v) is 2.74. The van der Waals surface area contributed by atoms with E-state index in [9.17, 15) is 0 Å². The SMILES string of the molecule is NCCCCCCNCC(N)CCCCN. The Morgan fingerprint density at radius 2 is 1.44 bits per heavy atom. The van der Waals surface area contributed by atoms with Crippen molar-refractivity contribution in [3.63, 3.8) is 0 Å². The molecule has 0 fully saturated rings. The Bertz CT molecular complexity index is 130. The first-order valence-corrected chi connectivity index (χ1v) is 6.67. The van der Waals surface area contributed by atoms with Gasteiger partial charge in [-0.05, 0) is 45.3 Å². The summed E-state index contributed by atoms with van der Waals surface area (Å²) in [5.74, 6) is 0. The minimum absolute atomic E-state index is 0.288. The highest BCUT2D eigenvalue weighted by molar-refractivity contribution is 4.64. The molecule has 0 aromatic heterocycles. The number of unbranched alkanes of at least 4 members (excludes halogenated alkanes) is 4. The first-order valence-electron chi connectivity index (χ1n) is 6.67. The molecule has 0 spiro atoms. The second kappa shape index (κ2) is 12.9. The lowest BCUT2D eigenvalue weighted by atomic mass is 10.1. The van der Waals surface area contributed by atoms with E-state index >= 15 is 0 Å². The molecule has 0 rings (SSSR count). The van der Waals surface area contributed by atoms with E-state index in [0.29, 0.717) is 0 Å². The van der Waals surface area contributed by atoms with Crippen LogP contribution in [0, 0.1) is 0 Å². The molecule has 1 atom stereocenters. The van der Waals surface area contributed by atoms with E-state index in [0.717, 1.165) is 51.9 Å². The zero-order chi connectivity index (χ0) is 12.1. The molecule has 4 heteroatoms. The molecule has 0 amide bonds. The summed E-state index contributed by atoms with van der Waals surface area (Å²) < 4.78 is 0. The minimum Gasteiger partial charge on any atom is -0.330 e. The highest BCUT2D eigenvalue weighted by Crippen LogP contribution is 1.98. The Balaban J connectivity index is 3.06. The van der Waals surface area contributed by atoms with Gasteiger partial charge in [-0.15, -0.1) is 0 Å². The van der Waals surface area contributed by atoms with Crippen LogP contribution in [0.4, 0.5) is 0 Å². The lowest BCUT2D eigenvalue weighted by Gasteiger charge is -2.12. The van der Waals surface area contributed by atoms with Crippen LogP contribution in [0.3, 0.4) is 0 Å². The molecular weight excluding hydrogens is 200 g/mol. The molecule has 0 radical (unpaired) electrons. The molecule has 0 aromatic rings. The third kappa shape index (κ3) is 11.9. The van der Waals surface area contributed by atoms with Crippen molar-refractivity contribution in [3.8, 4) is 0 Å². The third-order valence-electron chi connectivity index (χ3n) is 2.74. The fraction of sp³-hybridized carbons (Fsp3) is 1.00. The summed E-state index contributed by atoms with van der Waals surface area (Å²) in [7, 11) is 0. The van der Waals surface area contributed by atoms with Crippen molar-refractivity contribution < 1.29 is 0 Å². The number of rotatable bonds is 12. The van der Waals surface area contributed by atoms with E-state index in [1.54, 1.807) is 0 Å². The molecule has 0 aliphatic rings. The van der Waals surface area contributed by atoms with Gasteiger partial charge < -0.3 is 22.5 Å². The summed E-state index contributed by atoms with van der Waals surface area (Å²) in [6.45, 7) is 3.61. The van der Waals surface area contributed by atoms with Gasteiger partial charge in [-0.25, -0.2) is 0 Å². The lowest BCUT2D eigenvalue weighted by molar-refractivity contribution is 0.507. The van der Waals surface area contributed by atoms with Gasteiger partial charge in [0.05, 0.1) is 0 Å². The monoisotopic (exact) mass is 230 g/mol. The van der Waals surface area contributed by atoms with Crippen molar-refractivity contribution in [2.75, 3.05) is 26.2 Å². The molecular formula is C12H30N4. The summed E-state index contributed by atoms with van der Waals surface area (Å²) in [5.41, 5.74) is 16.8. The Kier molecular flexibility index (Phi) is 12.8. The lowest BCUT2D eigenvalue weighted by Crippen LogP contribution is -2.34. The molecule has 0 saturated heterocycles. The first-order chi connectivity index (χ1) is 7.81. The van der Waals surface area contributed by atoms with Crippen LogP contribution < -0.4 is 22.5 Å². The largest absolute Gasteiger partial charge is 0.330 e. The molecule has 0 saturated carbocycles. The maximum absolute atomic E-state index is 5.96. The summed E-state index contributed by atoms with van der Waals surface area (Å²) in [6, 6.07) is 0.288. The standard InChI is InChI=1S/C12H30N4/c13-8-4-1-2-6-10-16-11-12(15)7-3-5-9-14/h12,16H,1-11,13-15H2. The number of nitrogens with one attached hydrogen (secondary N) is 1. The Morgan fingerprint density at radius 3 is 2.12 bits per heavy atom. The molecule has 7 N–H and O–H groups in total. The average molecular weight is 230 g/mol. The average Bonchev–Trinajstić information content (AvgIpc) is 2.28. The summed E-state index contributed by atoms with van der Waals surface area (Å²) in [6.07, 6.45) is 8.22. The van der Waals surface area contributed by atoms with E-state index in [1.165, 1.54) is 19.3 Å². The van der Waals surface area contributed by atoms with Crippen molar-refractivity contribution in [2.24, 2.45) is 17.2 Å². The molecule has 4 nitrogen and oxygen atoms in total. The topological polar surface area (TPSA) is 90.1 Å². The molecule has 0 aliphatic heterocycles. The van der Waals surface area contributed by atoms with Gasteiger partial charge in [-0.3, -0.25) is 0 Å². The fourth-order valence-electron chi connectivity index (χ4n) is 1.69. The summed E-state index contributed by atoms with van der Waals surface area (Å²) >= 11 is 0. The zero-order valence-corrected chi connectivity index (χ0v) is 10.6. The molecule has 16 heavy (non-hydrogen) atoms. The smallest absolute Gasteiger partial charge is 0.0165 e. The van der Waals surface area contributed by atoms with Crippen LogP contribution in [0.5, 0.6) is 0 Å². The number of hydrogen-bond donors (Lipinski definition) is 4. The highest BCUT2D eigenvalue weighted by atomic mass is 14.9. The van der Waals surface area contributed by atoms with E-state index < -0.39 is 0 Å². The van der Waals surface area contributed by atoms with Gasteiger partial charge in [-0.1, -0.05) is 19.3 Å². The van der Waals surface area contributed by atoms with Crippen LogP contribution in [-0.2, 0) is 0 Å². The second-order valence-electron chi connectivity index (χ2n) is 4.45. The number of hydrogen-bond acceptors (Lipinski definition) is 4. The van der Waals surface area contributed by atoms with E-state index in [4.69, 9.17) is 17.2 Å². The van der Waals surface area contributed by atoms with Crippen molar-refractivity contribution >= 4 is 0 Å². The quantitative estimate of drug-likeness (QED) is 0.369. The normalized spacial score (nSPS) is 12.9. The van der Waals surface area contributed by atoms with Gasteiger partial charge in [0.25, 0.3) is 0 Å². The highest BCUT2D eigenvalue weighted by Gasteiger charge is 2.00. The van der Waals surface area contributed by atoms with Gasteiger partial charge in [0, 0.05) is 12.6 Å². The minimum atomic E-state index is 0.288. The Hall–Kier alpha value is -0.160. The molecule has 0 bridgehead atoms. The molecule has 0 aliphatic carbocycles. The van der Waals surface area contributed by atoms with E-state index in [1.807, 2.05) is 0 Å². The molecule has 0 aromatic carbocycles. The summed E-state index contributed by atoms with van der Waals surface area (Å²) in [5, 5.41) is 3.40. The van der Waals surface area contributed by atoms with Gasteiger partial charge >= 0.3 is 0 Å². The van der Waals surface area contributed by atoms with E-state index in [-0.39, 0.29) is 6.04 Å². The van der Waals surface area contributed by atoms with Crippen LogP contribution in [0.1, 0.15) is 44.9 Å². The fourth-order valence-corrected chi connectivity index (χ4v) is 1.69. The van der Waals surface area contributed by atoms with Crippen LogP contribution in [0.2, 0.25) is 0 Å². The van der Waals surface area contributed by atoms with Gasteiger partial charge in [0.15, 0.2) is 0 Å². The van der Waals surface area contributed by atoms with Crippen LogP contribution in [-0.4, -0.2) is 32.2 Å². The van der Waals surface area contributed by atoms with E-state index in [2.05, 4.69) is 5.32 Å². The van der Waals surface area contributed by atoms with Crippen molar-refractivity contribution in [1.29, 1.82) is 0 Å². The second-order valence-corrected chi connectivity index (χ2v) is 4.45. The molecule has 1 unspecified atom stereocenters. The zero-order valence-electron chi connectivity index (χ0n) is 10.6. The van der Waals surface area contributed by atoms with Gasteiger partial charge in [-0.2, -0.15) is 0 Å². The summed E-state index contributed by atoms with van der Waals surface area (Å²) in [4.78, 5) is 0. The van der Waals surface area contributed by atoms with Crippen molar-refractivity contribution in [2.45, 2.75) is 51.0 Å². The van der Waals surface area contributed by atoms with Crippen LogP contribution in [0.15, 0.2) is 0 Å². The predicted octanol–water partition coefficient (Wildman–Crippen LogP) is 0.551. The number of nitrogens with two attached hydrogens (primary N) is 3. The Morgan fingerprint density at radius 1 is 0.812 bits per heavy atom. The maximum Gasteiger partial charge on any atom is 0.0165 e.